The molecule has 7 heteroatoms. The van der Waals surface area contributed by atoms with E-state index in [0.29, 0.717) is 0 Å². The summed E-state index contributed by atoms with van der Waals surface area (Å²) in [6.45, 7) is 4.83. The number of aromatic nitrogens is 3. The van der Waals surface area contributed by atoms with Gasteiger partial charge in [0.1, 0.15) is 0 Å². The van der Waals surface area contributed by atoms with Gasteiger partial charge in [0.05, 0.1) is 11.9 Å². The zero-order chi connectivity index (χ0) is 16.9. The Kier molecular flexibility index (Phi) is 4.98. The van der Waals surface area contributed by atoms with Crippen molar-refractivity contribution in [2.75, 3.05) is 26.7 Å². The number of pyridine rings is 1. The fourth-order valence-corrected chi connectivity index (χ4v) is 2.84. The quantitative estimate of drug-likeness (QED) is 0.489. The molecule has 1 fully saturated rings. The molecule has 1 saturated heterocycles. The molecular formula is C17H24N6O. The Balaban J connectivity index is 1.75. The number of nitrogens with zero attached hydrogens (tertiary/aromatic N) is 6. The smallest absolute Gasteiger partial charge is 0.230 e. The van der Waals surface area contributed by atoms with E-state index < -0.39 is 0 Å². The number of guanidine groups is 1. The van der Waals surface area contributed by atoms with Crippen LogP contribution < -0.4 is 4.84 Å². The van der Waals surface area contributed by atoms with Crippen molar-refractivity contribution >= 4 is 5.96 Å². The van der Waals surface area contributed by atoms with E-state index in [-0.39, 0.29) is 0 Å². The van der Waals surface area contributed by atoms with E-state index in [0.717, 1.165) is 42.6 Å². The van der Waals surface area contributed by atoms with Crippen molar-refractivity contribution in [1.82, 2.24) is 24.7 Å². The molecular weight excluding hydrogens is 304 g/mol. The molecule has 0 bridgehead atoms. The lowest BCUT2D eigenvalue weighted by atomic mass is 10.2. The van der Waals surface area contributed by atoms with Gasteiger partial charge in [-0.3, -0.25) is 14.7 Å². The molecule has 3 heterocycles. The SMILES string of the molecule is CCN=C(N1CCCC1)N(C)Oc1ccnc(-c2cnn(C)c2)c1. The third-order valence-corrected chi connectivity index (χ3v) is 3.94. The van der Waals surface area contributed by atoms with Crippen LogP contribution in [0.25, 0.3) is 11.3 Å². The number of likely N-dealkylation sites (tertiary alicyclic amines) is 1. The minimum atomic E-state index is 0.731. The van der Waals surface area contributed by atoms with Crippen LogP contribution in [-0.2, 0) is 7.05 Å². The maximum atomic E-state index is 6.00. The molecule has 2 aromatic rings. The first-order chi connectivity index (χ1) is 11.7. The second kappa shape index (κ2) is 7.33. The monoisotopic (exact) mass is 328 g/mol. The van der Waals surface area contributed by atoms with E-state index in [2.05, 4.69) is 20.0 Å². The van der Waals surface area contributed by atoms with Crippen molar-refractivity contribution in [3.63, 3.8) is 0 Å². The summed E-state index contributed by atoms with van der Waals surface area (Å²) in [5.41, 5.74) is 1.80. The molecule has 0 aliphatic carbocycles. The molecule has 0 unspecified atom stereocenters. The lowest BCUT2D eigenvalue weighted by Gasteiger charge is -2.28. The Labute approximate surface area is 142 Å². The zero-order valence-corrected chi connectivity index (χ0v) is 14.5. The van der Waals surface area contributed by atoms with Crippen molar-refractivity contribution in [2.45, 2.75) is 19.8 Å². The summed E-state index contributed by atoms with van der Waals surface area (Å²) in [7, 11) is 3.79. The Hall–Kier alpha value is -2.57. The molecule has 24 heavy (non-hydrogen) atoms. The molecule has 0 radical (unpaired) electrons. The first kappa shape index (κ1) is 16.3. The highest BCUT2D eigenvalue weighted by atomic mass is 16.7. The zero-order valence-electron chi connectivity index (χ0n) is 14.5. The predicted octanol–water partition coefficient (Wildman–Crippen LogP) is 2.18. The summed E-state index contributed by atoms with van der Waals surface area (Å²) < 4.78 is 1.76. The minimum Gasteiger partial charge on any atom is -0.377 e. The Morgan fingerprint density at radius 3 is 2.83 bits per heavy atom. The second-order valence-corrected chi connectivity index (χ2v) is 5.84. The van der Waals surface area contributed by atoms with Gasteiger partial charge in [-0.05, 0) is 19.8 Å². The lowest BCUT2D eigenvalue weighted by molar-refractivity contribution is 0.0327. The van der Waals surface area contributed by atoms with Gasteiger partial charge in [-0.15, -0.1) is 0 Å². The molecule has 1 aliphatic rings. The third-order valence-electron chi connectivity index (χ3n) is 3.94. The number of rotatable bonds is 4. The Morgan fingerprint density at radius 1 is 1.38 bits per heavy atom. The second-order valence-electron chi connectivity index (χ2n) is 5.84. The summed E-state index contributed by atoms with van der Waals surface area (Å²) in [5.74, 6) is 1.61. The van der Waals surface area contributed by atoms with E-state index in [1.807, 2.05) is 39.3 Å². The van der Waals surface area contributed by atoms with Gasteiger partial charge in [0.15, 0.2) is 5.75 Å². The predicted molar refractivity (Wildman–Crippen MR) is 93.6 cm³/mol. The van der Waals surface area contributed by atoms with Crippen LogP contribution in [0, 0.1) is 0 Å². The van der Waals surface area contributed by atoms with Crippen molar-refractivity contribution in [3.8, 4) is 17.0 Å². The van der Waals surface area contributed by atoms with Crippen LogP contribution in [-0.4, -0.2) is 57.4 Å². The number of aliphatic imine (C=N–C) groups is 1. The molecule has 3 rings (SSSR count). The normalized spacial score (nSPS) is 15.0. The fraction of sp³-hybridized carbons (Fsp3) is 0.471. The molecule has 0 atom stereocenters. The van der Waals surface area contributed by atoms with Gasteiger partial charge in [-0.2, -0.15) is 10.2 Å². The maximum Gasteiger partial charge on any atom is 0.230 e. The van der Waals surface area contributed by atoms with Crippen molar-refractivity contribution < 1.29 is 4.84 Å². The van der Waals surface area contributed by atoms with Gasteiger partial charge in [0.25, 0.3) is 0 Å². The van der Waals surface area contributed by atoms with Crippen molar-refractivity contribution in [2.24, 2.45) is 12.0 Å². The van der Waals surface area contributed by atoms with E-state index in [4.69, 9.17) is 4.84 Å². The standard InChI is InChI=1S/C17H24N6O/c1-4-18-17(23-9-5-6-10-23)22(3)24-15-7-8-19-16(11-15)14-12-20-21(2)13-14/h7-8,11-13H,4-6,9-10H2,1-3H3. The molecule has 128 valence electrons. The van der Waals surface area contributed by atoms with Crippen LogP contribution >= 0.6 is 0 Å². The van der Waals surface area contributed by atoms with Crippen LogP contribution in [0.4, 0.5) is 0 Å². The first-order valence-electron chi connectivity index (χ1n) is 8.33. The van der Waals surface area contributed by atoms with E-state index in [1.54, 1.807) is 22.1 Å². The lowest BCUT2D eigenvalue weighted by Crippen LogP contribution is -2.42. The number of hydrogen-bond donors (Lipinski definition) is 0. The Bertz CT molecular complexity index is 705. The van der Waals surface area contributed by atoms with E-state index in [1.165, 1.54) is 12.8 Å². The van der Waals surface area contributed by atoms with Crippen LogP contribution in [0.15, 0.2) is 35.7 Å². The highest BCUT2D eigenvalue weighted by Crippen LogP contribution is 2.21. The highest BCUT2D eigenvalue weighted by Gasteiger charge is 2.20. The Morgan fingerprint density at radius 2 is 2.17 bits per heavy atom. The fourth-order valence-electron chi connectivity index (χ4n) is 2.84. The van der Waals surface area contributed by atoms with Crippen LogP contribution in [0.5, 0.6) is 5.75 Å². The minimum absolute atomic E-state index is 0.731. The molecule has 7 nitrogen and oxygen atoms in total. The van der Waals surface area contributed by atoms with Crippen LogP contribution in [0.3, 0.4) is 0 Å². The highest BCUT2D eigenvalue weighted by molar-refractivity contribution is 5.79. The first-order valence-corrected chi connectivity index (χ1v) is 8.33. The maximum absolute atomic E-state index is 6.00. The third kappa shape index (κ3) is 3.67. The molecule has 0 saturated carbocycles. The summed E-state index contributed by atoms with van der Waals surface area (Å²) >= 11 is 0. The summed E-state index contributed by atoms with van der Waals surface area (Å²) in [6.07, 6.45) is 7.89. The van der Waals surface area contributed by atoms with Gasteiger partial charge < -0.3 is 9.74 Å². The van der Waals surface area contributed by atoms with Crippen molar-refractivity contribution in [1.29, 1.82) is 0 Å². The van der Waals surface area contributed by atoms with E-state index in [9.17, 15) is 0 Å². The average Bonchev–Trinajstić information content (AvgIpc) is 3.24. The van der Waals surface area contributed by atoms with Gasteiger partial charge >= 0.3 is 0 Å². The van der Waals surface area contributed by atoms with Crippen LogP contribution in [0.2, 0.25) is 0 Å². The van der Waals surface area contributed by atoms with Gasteiger partial charge in [0.2, 0.25) is 5.96 Å². The number of hydrogen-bond acceptors (Lipinski definition) is 4. The average molecular weight is 328 g/mol. The molecule has 0 aromatic carbocycles. The molecule has 0 amide bonds. The van der Waals surface area contributed by atoms with Gasteiger partial charge in [-0.1, -0.05) is 0 Å². The van der Waals surface area contributed by atoms with E-state index >= 15 is 0 Å². The van der Waals surface area contributed by atoms with Crippen LogP contribution in [0.1, 0.15) is 19.8 Å². The molecule has 2 aromatic heterocycles. The number of hydroxylamine groups is 2. The molecule has 1 aliphatic heterocycles. The van der Waals surface area contributed by atoms with Gasteiger partial charge in [-0.25, -0.2) is 0 Å². The van der Waals surface area contributed by atoms with Crippen molar-refractivity contribution in [3.05, 3.63) is 30.7 Å². The number of aryl methyl sites for hydroxylation is 1. The topological polar surface area (TPSA) is 58.8 Å². The summed E-state index contributed by atoms with van der Waals surface area (Å²) in [4.78, 5) is 17.3. The summed E-state index contributed by atoms with van der Waals surface area (Å²) in [5, 5.41) is 5.94. The molecule has 0 N–H and O–H groups in total. The molecule has 0 spiro atoms. The van der Waals surface area contributed by atoms with Gasteiger partial charge in [0, 0.05) is 63.8 Å². The summed E-state index contributed by atoms with van der Waals surface area (Å²) in [6, 6.07) is 3.77. The largest absolute Gasteiger partial charge is 0.377 e.